The van der Waals surface area contributed by atoms with Gasteiger partial charge in [0.05, 0.1) is 24.0 Å². The first-order chi connectivity index (χ1) is 14.3. The van der Waals surface area contributed by atoms with Crippen molar-refractivity contribution in [1.82, 2.24) is 20.3 Å². The molecule has 9 nitrogen and oxygen atoms in total. The van der Waals surface area contributed by atoms with Gasteiger partial charge in [-0.05, 0) is 18.8 Å². The molecule has 1 amide bonds. The van der Waals surface area contributed by atoms with Crippen LogP contribution in [0.4, 0.5) is 5.13 Å². The molecule has 0 spiro atoms. The molecule has 0 bridgehead atoms. The summed E-state index contributed by atoms with van der Waals surface area (Å²) < 4.78 is 6.10. The summed E-state index contributed by atoms with van der Waals surface area (Å²) in [5.41, 5.74) is 0.724. The maximum absolute atomic E-state index is 12.7. The van der Waals surface area contributed by atoms with Crippen molar-refractivity contribution in [3.8, 4) is 0 Å². The topological polar surface area (TPSA) is 120 Å². The molecule has 2 aromatic heterocycles. The molecule has 2 atom stereocenters. The van der Waals surface area contributed by atoms with Gasteiger partial charge in [-0.1, -0.05) is 43.7 Å². The second-order valence-corrected chi connectivity index (χ2v) is 8.97. The number of carboxylic acids is 1. The molecule has 1 saturated heterocycles. The average Bonchev–Trinajstić information content (AvgIpc) is 3.34. The van der Waals surface area contributed by atoms with Gasteiger partial charge in [0.2, 0.25) is 0 Å². The number of aromatic amines is 1. The smallest absolute Gasteiger partial charge is 0.347 e. The quantitative estimate of drug-likeness (QED) is 0.559. The normalized spacial score (nSPS) is 19.3. The maximum Gasteiger partial charge on any atom is 0.347 e. The highest BCUT2D eigenvalue weighted by Crippen LogP contribution is 2.27. The van der Waals surface area contributed by atoms with E-state index in [1.54, 1.807) is 0 Å². The van der Waals surface area contributed by atoms with Gasteiger partial charge in [0.1, 0.15) is 4.88 Å². The van der Waals surface area contributed by atoms with Gasteiger partial charge in [-0.25, -0.2) is 14.8 Å². The summed E-state index contributed by atoms with van der Waals surface area (Å²) in [4.78, 5) is 37.4. The number of anilines is 1. The van der Waals surface area contributed by atoms with Crippen molar-refractivity contribution >= 4 is 39.9 Å². The van der Waals surface area contributed by atoms with E-state index >= 15 is 0 Å². The number of ether oxygens (including phenoxy) is 1. The van der Waals surface area contributed by atoms with E-state index in [1.807, 2.05) is 11.8 Å². The van der Waals surface area contributed by atoms with Crippen LogP contribution in [0.25, 0.3) is 0 Å². The lowest BCUT2D eigenvalue weighted by Gasteiger charge is -2.38. The van der Waals surface area contributed by atoms with Gasteiger partial charge in [-0.3, -0.25) is 4.79 Å². The lowest BCUT2D eigenvalue weighted by atomic mass is 10.0. The minimum atomic E-state index is -0.989. The molecule has 3 N–H and O–H groups in total. The molecule has 1 aliphatic rings. The number of hydrogen-bond donors (Lipinski definition) is 3. The molecular formula is C19H26ClN5O4S. The standard InChI is InChI=1S/C19H26ClN5O4S/c1-4-11-15(20)24-16(22-11)17(26)23-12-5-6-25(8-13(12)29-9-10(2)3)19-21-7-14(30-19)18(27)28/h7,10,12-13H,4-6,8-9H2,1-3H3,(H,22,24)(H,23,26)(H,27,28)/t12-,13+/m0/s1. The number of H-pyrrole nitrogens is 1. The van der Waals surface area contributed by atoms with Crippen LogP contribution in [0.3, 0.4) is 0 Å². The predicted molar refractivity (Wildman–Crippen MR) is 115 cm³/mol. The minimum Gasteiger partial charge on any atom is -0.477 e. The van der Waals surface area contributed by atoms with E-state index < -0.39 is 5.97 Å². The van der Waals surface area contributed by atoms with E-state index in [4.69, 9.17) is 21.4 Å². The van der Waals surface area contributed by atoms with Crippen LogP contribution in [0.5, 0.6) is 0 Å². The molecule has 164 valence electrons. The van der Waals surface area contributed by atoms with Crippen LogP contribution < -0.4 is 10.2 Å². The molecule has 3 heterocycles. The van der Waals surface area contributed by atoms with Crippen molar-refractivity contribution in [2.24, 2.45) is 5.92 Å². The Balaban J connectivity index is 1.71. The summed E-state index contributed by atoms with van der Waals surface area (Å²) in [6.45, 7) is 7.73. The summed E-state index contributed by atoms with van der Waals surface area (Å²) >= 11 is 7.19. The summed E-state index contributed by atoms with van der Waals surface area (Å²) in [5.74, 6) is -0.785. The number of aromatic nitrogens is 3. The Morgan fingerprint density at radius 2 is 2.27 bits per heavy atom. The number of imidazole rings is 1. The second-order valence-electron chi connectivity index (χ2n) is 7.60. The maximum atomic E-state index is 12.7. The first kappa shape index (κ1) is 22.5. The SMILES string of the molecule is CCc1[nH]c(C(=O)N[C@H]2CCN(c3ncc(C(=O)O)s3)C[C@H]2OCC(C)C)nc1Cl. The van der Waals surface area contributed by atoms with E-state index in [-0.39, 0.29) is 28.8 Å². The largest absolute Gasteiger partial charge is 0.477 e. The molecular weight excluding hydrogens is 430 g/mol. The molecule has 0 radical (unpaired) electrons. The number of carbonyl (C=O) groups is 2. The van der Waals surface area contributed by atoms with Crippen LogP contribution in [-0.2, 0) is 11.2 Å². The predicted octanol–water partition coefficient (Wildman–Crippen LogP) is 2.83. The van der Waals surface area contributed by atoms with Gasteiger partial charge in [0, 0.05) is 19.7 Å². The third-order valence-electron chi connectivity index (χ3n) is 4.79. The zero-order valence-electron chi connectivity index (χ0n) is 17.1. The van der Waals surface area contributed by atoms with Gasteiger partial charge >= 0.3 is 5.97 Å². The monoisotopic (exact) mass is 455 g/mol. The van der Waals surface area contributed by atoms with Crippen molar-refractivity contribution in [2.45, 2.75) is 45.8 Å². The van der Waals surface area contributed by atoms with Gasteiger partial charge in [0.25, 0.3) is 5.91 Å². The Labute approximate surface area is 183 Å². The Morgan fingerprint density at radius 1 is 1.50 bits per heavy atom. The summed E-state index contributed by atoms with van der Waals surface area (Å²) in [5, 5.41) is 13.1. The molecule has 0 unspecified atom stereocenters. The van der Waals surface area contributed by atoms with E-state index in [0.717, 1.165) is 17.0 Å². The molecule has 1 aliphatic heterocycles. The number of nitrogens with one attached hydrogen (secondary N) is 2. The van der Waals surface area contributed by atoms with Crippen molar-refractivity contribution in [3.63, 3.8) is 0 Å². The molecule has 0 aromatic carbocycles. The second kappa shape index (κ2) is 9.76. The van der Waals surface area contributed by atoms with Crippen LogP contribution in [0.1, 0.15) is 53.2 Å². The molecule has 0 saturated carbocycles. The van der Waals surface area contributed by atoms with Crippen LogP contribution in [-0.4, -0.2) is 63.8 Å². The fourth-order valence-corrected chi connectivity index (χ4v) is 4.27. The van der Waals surface area contributed by atoms with Crippen LogP contribution in [0.15, 0.2) is 6.20 Å². The zero-order chi connectivity index (χ0) is 21.8. The number of carbonyl (C=O) groups excluding carboxylic acids is 1. The van der Waals surface area contributed by atoms with Crippen LogP contribution in [0, 0.1) is 5.92 Å². The van der Waals surface area contributed by atoms with Crippen molar-refractivity contribution < 1.29 is 19.4 Å². The van der Waals surface area contributed by atoms with Crippen molar-refractivity contribution in [2.75, 3.05) is 24.6 Å². The van der Waals surface area contributed by atoms with E-state index in [1.165, 1.54) is 6.20 Å². The average molecular weight is 456 g/mol. The number of hydrogen-bond acceptors (Lipinski definition) is 7. The molecule has 30 heavy (non-hydrogen) atoms. The Hall–Kier alpha value is -2.17. The van der Waals surface area contributed by atoms with Gasteiger partial charge in [-0.2, -0.15) is 0 Å². The number of thiazole rings is 1. The molecule has 3 rings (SSSR count). The third-order valence-corrected chi connectivity index (χ3v) is 6.15. The highest BCUT2D eigenvalue weighted by Gasteiger charge is 2.33. The number of halogens is 1. The fourth-order valence-electron chi connectivity index (χ4n) is 3.22. The van der Waals surface area contributed by atoms with Crippen molar-refractivity contribution in [3.05, 3.63) is 27.7 Å². The lowest BCUT2D eigenvalue weighted by molar-refractivity contribution is 0.00705. The molecule has 11 heteroatoms. The van der Waals surface area contributed by atoms with E-state index in [2.05, 4.69) is 34.1 Å². The number of nitrogens with zero attached hydrogens (tertiary/aromatic N) is 3. The van der Waals surface area contributed by atoms with E-state index in [9.17, 15) is 9.59 Å². The lowest BCUT2D eigenvalue weighted by Crippen LogP contribution is -2.55. The van der Waals surface area contributed by atoms with Crippen molar-refractivity contribution in [1.29, 1.82) is 0 Å². The van der Waals surface area contributed by atoms with Gasteiger partial charge < -0.3 is 25.0 Å². The highest BCUT2D eigenvalue weighted by atomic mass is 35.5. The van der Waals surface area contributed by atoms with Gasteiger partial charge in [0.15, 0.2) is 16.1 Å². The molecule has 2 aromatic rings. The summed E-state index contributed by atoms with van der Waals surface area (Å²) in [6, 6.07) is -0.208. The van der Waals surface area contributed by atoms with Crippen LogP contribution in [0.2, 0.25) is 5.15 Å². The minimum absolute atomic E-state index is 0.188. The Morgan fingerprint density at radius 3 is 2.87 bits per heavy atom. The fraction of sp³-hybridized carbons (Fsp3) is 0.579. The Bertz CT molecular complexity index is 899. The first-order valence-corrected chi connectivity index (χ1v) is 11.1. The Kier molecular flexibility index (Phi) is 7.32. The number of rotatable bonds is 8. The molecule has 1 fully saturated rings. The highest BCUT2D eigenvalue weighted by molar-refractivity contribution is 7.17. The number of carboxylic acid groups (broad SMARTS) is 1. The number of aromatic carboxylic acids is 1. The number of piperidine rings is 1. The number of aryl methyl sites for hydroxylation is 1. The first-order valence-electron chi connectivity index (χ1n) is 9.89. The number of amides is 1. The summed E-state index contributed by atoms with van der Waals surface area (Å²) in [7, 11) is 0. The van der Waals surface area contributed by atoms with Crippen LogP contribution >= 0.6 is 22.9 Å². The third kappa shape index (κ3) is 5.30. The molecule has 0 aliphatic carbocycles. The van der Waals surface area contributed by atoms with E-state index in [0.29, 0.717) is 48.7 Å². The zero-order valence-corrected chi connectivity index (χ0v) is 18.7. The summed E-state index contributed by atoms with van der Waals surface area (Å²) in [6.07, 6.45) is 2.39. The van der Waals surface area contributed by atoms with Gasteiger partial charge in [-0.15, -0.1) is 0 Å².